The third-order valence-electron chi connectivity index (χ3n) is 5.28. The molecule has 13 heteroatoms. The van der Waals surface area contributed by atoms with Crippen LogP contribution in [0.25, 0.3) is 17.1 Å². The third kappa shape index (κ3) is 5.65. The predicted molar refractivity (Wildman–Crippen MR) is 129 cm³/mol. The van der Waals surface area contributed by atoms with E-state index in [2.05, 4.69) is 15.2 Å². The van der Waals surface area contributed by atoms with Gasteiger partial charge in [0.05, 0.1) is 12.1 Å². The van der Waals surface area contributed by atoms with Crippen LogP contribution >= 0.6 is 23.4 Å². The predicted octanol–water partition coefficient (Wildman–Crippen LogP) is 5.70. The molecule has 7 nitrogen and oxygen atoms in total. The van der Waals surface area contributed by atoms with Crippen molar-refractivity contribution < 1.29 is 17.6 Å². The van der Waals surface area contributed by atoms with Crippen LogP contribution < -0.4 is 5.69 Å². The molecule has 190 valence electrons. The molecule has 0 radical (unpaired) electrons. The molecule has 0 aliphatic carbocycles. The maximum Gasteiger partial charge on any atom is 0.390 e. The van der Waals surface area contributed by atoms with Gasteiger partial charge in [0.25, 0.3) is 0 Å². The van der Waals surface area contributed by atoms with E-state index in [1.807, 2.05) is 18.4 Å². The smallest absolute Gasteiger partial charge is 0.275 e. The van der Waals surface area contributed by atoms with E-state index in [4.69, 9.17) is 11.6 Å². The van der Waals surface area contributed by atoms with Crippen LogP contribution in [0.3, 0.4) is 0 Å². The number of benzene rings is 2. The molecule has 0 spiro atoms. The molecule has 0 fully saturated rings. The molecule has 0 saturated carbocycles. The number of rotatable bonds is 8. The SMILES string of the molecule is CSc1ccccc1-n1nc(Cn2nc(-c3ccc(Cl)cc3)n(CCC(F)(F)F)c2=O)nc1C(C)F. The Labute approximate surface area is 212 Å². The largest absolute Gasteiger partial charge is 0.390 e. The maximum absolute atomic E-state index is 14.4. The summed E-state index contributed by atoms with van der Waals surface area (Å²) in [4.78, 5) is 18.2. The van der Waals surface area contributed by atoms with E-state index in [0.717, 1.165) is 14.1 Å². The van der Waals surface area contributed by atoms with Crippen molar-refractivity contribution in [1.82, 2.24) is 29.1 Å². The Morgan fingerprint density at radius 1 is 1.08 bits per heavy atom. The van der Waals surface area contributed by atoms with Gasteiger partial charge >= 0.3 is 11.9 Å². The lowest BCUT2D eigenvalue weighted by Crippen LogP contribution is -2.27. The minimum absolute atomic E-state index is 0.0361. The third-order valence-corrected chi connectivity index (χ3v) is 6.32. The fourth-order valence-electron chi connectivity index (χ4n) is 3.61. The zero-order valence-corrected chi connectivity index (χ0v) is 20.8. The van der Waals surface area contributed by atoms with Gasteiger partial charge in [-0.25, -0.2) is 23.5 Å². The fraction of sp³-hybridized carbons (Fsp3) is 0.304. The number of hydrogen-bond donors (Lipinski definition) is 0. The van der Waals surface area contributed by atoms with Gasteiger partial charge in [0, 0.05) is 22.0 Å². The summed E-state index contributed by atoms with van der Waals surface area (Å²) in [6.45, 7) is 0.450. The van der Waals surface area contributed by atoms with Gasteiger partial charge in [-0.1, -0.05) is 23.7 Å². The minimum Gasteiger partial charge on any atom is -0.275 e. The first-order valence-electron chi connectivity index (χ1n) is 10.8. The molecular formula is C23H21ClF4N6OS. The first-order valence-corrected chi connectivity index (χ1v) is 12.4. The quantitative estimate of drug-likeness (QED) is 0.212. The topological polar surface area (TPSA) is 70.5 Å². The molecule has 2 aromatic heterocycles. The van der Waals surface area contributed by atoms with Crippen molar-refractivity contribution in [3.63, 3.8) is 0 Å². The first kappa shape index (κ1) is 26.0. The first-order chi connectivity index (χ1) is 17.1. The molecule has 4 aromatic rings. The number of aromatic nitrogens is 6. The second-order valence-electron chi connectivity index (χ2n) is 7.87. The average Bonchev–Trinajstić information content (AvgIpc) is 3.39. The second-order valence-corrected chi connectivity index (χ2v) is 9.16. The summed E-state index contributed by atoms with van der Waals surface area (Å²) in [5.74, 6) is 0.178. The van der Waals surface area contributed by atoms with Crippen molar-refractivity contribution in [3.8, 4) is 17.1 Å². The molecule has 36 heavy (non-hydrogen) atoms. The summed E-state index contributed by atoms with van der Waals surface area (Å²) in [6, 6.07) is 13.5. The summed E-state index contributed by atoms with van der Waals surface area (Å²) < 4.78 is 56.6. The zero-order chi connectivity index (χ0) is 26.0. The van der Waals surface area contributed by atoms with Crippen LogP contribution in [0.5, 0.6) is 0 Å². The molecule has 0 amide bonds. The summed E-state index contributed by atoms with van der Waals surface area (Å²) in [5.41, 5.74) is 0.274. The van der Waals surface area contributed by atoms with Crippen LogP contribution in [-0.2, 0) is 13.1 Å². The second kappa shape index (κ2) is 10.5. The number of hydrogen-bond acceptors (Lipinski definition) is 5. The molecule has 1 atom stereocenters. The Morgan fingerprint density at radius 3 is 2.42 bits per heavy atom. The van der Waals surface area contributed by atoms with E-state index in [0.29, 0.717) is 16.3 Å². The number of nitrogens with zero attached hydrogens (tertiary/aromatic N) is 6. The molecule has 1 unspecified atom stereocenters. The van der Waals surface area contributed by atoms with Gasteiger partial charge in [-0.2, -0.15) is 13.2 Å². The average molecular weight is 541 g/mol. The van der Waals surface area contributed by atoms with E-state index in [1.165, 1.54) is 23.4 Å². The normalized spacial score (nSPS) is 12.8. The van der Waals surface area contributed by atoms with Crippen molar-refractivity contribution in [3.05, 3.63) is 75.7 Å². The van der Waals surface area contributed by atoms with E-state index in [9.17, 15) is 22.4 Å². The minimum atomic E-state index is -4.46. The monoisotopic (exact) mass is 540 g/mol. The van der Waals surface area contributed by atoms with Gasteiger partial charge in [0.15, 0.2) is 23.6 Å². The summed E-state index contributed by atoms with van der Waals surface area (Å²) >= 11 is 7.38. The molecule has 0 aliphatic rings. The summed E-state index contributed by atoms with van der Waals surface area (Å²) in [7, 11) is 0. The van der Waals surface area contributed by atoms with Crippen molar-refractivity contribution in [1.29, 1.82) is 0 Å². The maximum atomic E-state index is 14.4. The van der Waals surface area contributed by atoms with E-state index < -0.39 is 31.0 Å². The number of alkyl halides is 4. The van der Waals surface area contributed by atoms with Crippen molar-refractivity contribution in [2.24, 2.45) is 0 Å². The number of para-hydroxylation sites is 1. The molecule has 0 bridgehead atoms. The molecule has 0 aliphatic heterocycles. The van der Waals surface area contributed by atoms with Crippen LogP contribution in [0.2, 0.25) is 5.02 Å². The van der Waals surface area contributed by atoms with Gasteiger partial charge in [-0.3, -0.25) is 4.57 Å². The van der Waals surface area contributed by atoms with Gasteiger partial charge < -0.3 is 0 Å². The van der Waals surface area contributed by atoms with Crippen LogP contribution in [0.1, 0.15) is 31.2 Å². The van der Waals surface area contributed by atoms with Crippen LogP contribution in [0.15, 0.2) is 58.2 Å². The highest BCUT2D eigenvalue weighted by Crippen LogP contribution is 2.27. The van der Waals surface area contributed by atoms with Crippen molar-refractivity contribution in [2.75, 3.05) is 6.26 Å². The van der Waals surface area contributed by atoms with Crippen molar-refractivity contribution >= 4 is 23.4 Å². The lowest BCUT2D eigenvalue weighted by Gasteiger charge is -2.10. The van der Waals surface area contributed by atoms with Crippen LogP contribution in [-0.4, -0.2) is 41.5 Å². The number of thioether (sulfide) groups is 1. The van der Waals surface area contributed by atoms with Gasteiger partial charge in [-0.05, 0) is 49.6 Å². The fourth-order valence-corrected chi connectivity index (χ4v) is 4.31. The lowest BCUT2D eigenvalue weighted by molar-refractivity contribution is -0.136. The van der Waals surface area contributed by atoms with Gasteiger partial charge in [0.1, 0.15) is 6.54 Å². The van der Waals surface area contributed by atoms with Gasteiger partial charge in [-0.15, -0.1) is 22.0 Å². The highest BCUT2D eigenvalue weighted by molar-refractivity contribution is 7.98. The van der Waals surface area contributed by atoms with E-state index >= 15 is 0 Å². The Hall–Kier alpha value is -3.12. The van der Waals surface area contributed by atoms with E-state index in [-0.39, 0.29) is 24.0 Å². The molecule has 2 heterocycles. The molecular weight excluding hydrogens is 520 g/mol. The number of halogens is 5. The lowest BCUT2D eigenvalue weighted by atomic mass is 10.2. The highest BCUT2D eigenvalue weighted by Gasteiger charge is 2.29. The molecule has 4 rings (SSSR count). The van der Waals surface area contributed by atoms with Crippen molar-refractivity contribution in [2.45, 2.75) is 43.7 Å². The van der Waals surface area contributed by atoms with Crippen LogP contribution in [0.4, 0.5) is 17.6 Å². The highest BCUT2D eigenvalue weighted by atomic mass is 35.5. The van der Waals surface area contributed by atoms with E-state index in [1.54, 1.807) is 36.4 Å². The van der Waals surface area contributed by atoms with Crippen LogP contribution in [0, 0.1) is 0 Å². The summed E-state index contributed by atoms with van der Waals surface area (Å²) in [5, 5.41) is 9.09. The standard InChI is InChI=1S/C23H21ClF4N6OS/c1-14(25)20-29-19(30-34(20)17-5-3-4-6-18(17)36-2)13-33-22(35)32(12-11-23(26,27)28)21(31-33)15-7-9-16(24)10-8-15/h3-10,14H,11-13H2,1-2H3. The Balaban J connectivity index is 1.76. The molecule has 0 N–H and O–H groups in total. The Morgan fingerprint density at radius 2 is 1.78 bits per heavy atom. The summed E-state index contributed by atoms with van der Waals surface area (Å²) in [6.07, 6.45) is -5.26. The molecule has 0 saturated heterocycles. The zero-order valence-electron chi connectivity index (χ0n) is 19.2. The van der Waals surface area contributed by atoms with Gasteiger partial charge in [0.2, 0.25) is 0 Å². The Bertz CT molecular complexity index is 1410. The molecule has 2 aromatic carbocycles. The Kier molecular flexibility index (Phi) is 7.55.